The Morgan fingerprint density at radius 1 is 1.33 bits per heavy atom. The number of nitrogens with one attached hydrogen (secondary N) is 2. The number of carbonyl (C=O) groups excluding carboxylic acids is 2. The molecule has 2 saturated heterocycles. The first-order valence-corrected chi connectivity index (χ1v) is 8.61. The van der Waals surface area contributed by atoms with Crippen LogP contribution in [0.4, 0.5) is 0 Å². The van der Waals surface area contributed by atoms with Crippen molar-refractivity contribution in [2.24, 2.45) is 7.05 Å². The summed E-state index contributed by atoms with van der Waals surface area (Å²) in [5.74, 6) is 0.855. The Bertz CT molecular complexity index is 581. The van der Waals surface area contributed by atoms with Crippen molar-refractivity contribution in [1.82, 2.24) is 30.0 Å². The molecule has 8 nitrogen and oxygen atoms in total. The zero-order valence-corrected chi connectivity index (χ0v) is 14.2. The Balaban J connectivity index is 1.52. The van der Waals surface area contributed by atoms with Crippen molar-refractivity contribution in [2.45, 2.75) is 18.9 Å². The van der Waals surface area contributed by atoms with Gasteiger partial charge in [0.15, 0.2) is 0 Å². The normalized spacial score (nSPS) is 21.9. The molecule has 2 N–H and O–H groups in total. The molecule has 2 aliphatic rings. The Hall–Kier alpha value is -1.93. The zero-order valence-electron chi connectivity index (χ0n) is 14.2. The predicted molar refractivity (Wildman–Crippen MR) is 89.2 cm³/mol. The van der Waals surface area contributed by atoms with Crippen LogP contribution < -0.4 is 10.6 Å². The van der Waals surface area contributed by atoms with E-state index in [4.69, 9.17) is 0 Å². The number of nitrogens with zero attached hydrogens (tertiary/aromatic N) is 4. The first-order valence-electron chi connectivity index (χ1n) is 8.61. The van der Waals surface area contributed by atoms with Gasteiger partial charge in [0.1, 0.15) is 5.82 Å². The van der Waals surface area contributed by atoms with Crippen LogP contribution in [0, 0.1) is 0 Å². The van der Waals surface area contributed by atoms with E-state index in [0.29, 0.717) is 0 Å². The van der Waals surface area contributed by atoms with Crippen LogP contribution in [0.15, 0.2) is 12.4 Å². The van der Waals surface area contributed by atoms with Gasteiger partial charge in [-0.05, 0) is 12.8 Å². The molecule has 0 aromatic carbocycles. The molecule has 1 atom stereocenters. The molecule has 1 unspecified atom stereocenters. The average Bonchev–Trinajstić information content (AvgIpc) is 3.25. The van der Waals surface area contributed by atoms with E-state index in [0.717, 1.165) is 51.4 Å². The van der Waals surface area contributed by atoms with Crippen LogP contribution in [0.5, 0.6) is 0 Å². The lowest BCUT2D eigenvalue weighted by atomic mass is 10.1. The summed E-state index contributed by atoms with van der Waals surface area (Å²) < 4.78 is 1.99. The second kappa shape index (κ2) is 7.76. The highest BCUT2D eigenvalue weighted by Crippen LogP contribution is 2.19. The van der Waals surface area contributed by atoms with Gasteiger partial charge in [0.05, 0.1) is 19.1 Å². The number of imidazole rings is 1. The lowest BCUT2D eigenvalue weighted by Crippen LogP contribution is -2.51. The fraction of sp³-hybridized carbons (Fsp3) is 0.688. The largest absolute Gasteiger partial charge is 0.346 e. The molecule has 0 saturated carbocycles. The quantitative estimate of drug-likeness (QED) is 0.730. The van der Waals surface area contributed by atoms with Gasteiger partial charge in [-0.3, -0.25) is 14.5 Å². The number of likely N-dealkylation sites (tertiary alicyclic amines) is 1. The van der Waals surface area contributed by atoms with Crippen LogP contribution in [0.3, 0.4) is 0 Å². The van der Waals surface area contributed by atoms with Crippen molar-refractivity contribution in [3.8, 4) is 0 Å². The maximum absolute atomic E-state index is 12.3. The van der Waals surface area contributed by atoms with Crippen molar-refractivity contribution in [2.75, 3.05) is 45.8 Å². The Labute approximate surface area is 142 Å². The van der Waals surface area contributed by atoms with Crippen molar-refractivity contribution in [3.05, 3.63) is 18.2 Å². The molecule has 132 valence electrons. The van der Waals surface area contributed by atoms with Crippen molar-refractivity contribution < 1.29 is 9.59 Å². The SMILES string of the molecule is Cn1ccnc1C1CNCCN1CC(=O)NCC(=O)N1CCCC1. The number of aromatic nitrogens is 2. The maximum atomic E-state index is 12.3. The Morgan fingerprint density at radius 2 is 2.12 bits per heavy atom. The fourth-order valence-corrected chi connectivity index (χ4v) is 3.38. The zero-order chi connectivity index (χ0) is 16.9. The molecule has 0 bridgehead atoms. The Kier molecular flexibility index (Phi) is 5.47. The number of aryl methyl sites for hydroxylation is 1. The standard InChI is InChI=1S/C16H26N6O2/c1-20-8-5-18-16(20)13-10-17-4-9-22(13)12-14(23)19-11-15(24)21-6-2-3-7-21/h5,8,13,17H,2-4,6-7,9-12H2,1H3,(H,19,23). The highest BCUT2D eigenvalue weighted by Gasteiger charge is 2.28. The van der Waals surface area contributed by atoms with Gasteiger partial charge in [-0.25, -0.2) is 4.98 Å². The summed E-state index contributed by atoms with van der Waals surface area (Å²) in [7, 11) is 1.96. The molecule has 3 heterocycles. The third-order valence-electron chi connectivity index (χ3n) is 4.75. The topological polar surface area (TPSA) is 82.5 Å². The summed E-state index contributed by atoms with van der Waals surface area (Å²) in [5, 5.41) is 6.12. The minimum Gasteiger partial charge on any atom is -0.346 e. The lowest BCUT2D eigenvalue weighted by Gasteiger charge is -2.35. The summed E-state index contributed by atoms with van der Waals surface area (Å²) in [6.45, 7) is 4.41. The lowest BCUT2D eigenvalue weighted by molar-refractivity contribution is -0.132. The van der Waals surface area contributed by atoms with Gasteiger partial charge in [0.25, 0.3) is 0 Å². The molecular formula is C16H26N6O2. The summed E-state index contributed by atoms with van der Waals surface area (Å²) >= 11 is 0. The number of hydrogen-bond donors (Lipinski definition) is 2. The van der Waals surface area contributed by atoms with E-state index < -0.39 is 0 Å². The van der Waals surface area contributed by atoms with Crippen molar-refractivity contribution in [1.29, 1.82) is 0 Å². The molecule has 1 aromatic heterocycles. The summed E-state index contributed by atoms with van der Waals surface area (Å²) in [5.41, 5.74) is 0. The van der Waals surface area contributed by atoms with Crippen LogP contribution in [0.2, 0.25) is 0 Å². The molecule has 24 heavy (non-hydrogen) atoms. The van der Waals surface area contributed by atoms with Crippen LogP contribution in [0.25, 0.3) is 0 Å². The monoisotopic (exact) mass is 334 g/mol. The van der Waals surface area contributed by atoms with E-state index in [1.54, 1.807) is 6.20 Å². The van der Waals surface area contributed by atoms with E-state index >= 15 is 0 Å². The third kappa shape index (κ3) is 3.93. The molecule has 8 heteroatoms. The van der Waals surface area contributed by atoms with Gasteiger partial charge in [0.2, 0.25) is 11.8 Å². The first kappa shape index (κ1) is 16.9. The third-order valence-corrected chi connectivity index (χ3v) is 4.75. The number of piperazine rings is 1. The van der Waals surface area contributed by atoms with E-state index in [1.165, 1.54) is 0 Å². The highest BCUT2D eigenvalue weighted by molar-refractivity contribution is 5.85. The van der Waals surface area contributed by atoms with Crippen LogP contribution in [0.1, 0.15) is 24.7 Å². The number of carbonyl (C=O) groups is 2. The van der Waals surface area contributed by atoms with Gasteiger partial charge in [-0.15, -0.1) is 0 Å². The highest BCUT2D eigenvalue weighted by atomic mass is 16.2. The second-order valence-corrected chi connectivity index (χ2v) is 6.45. The van der Waals surface area contributed by atoms with Crippen LogP contribution in [-0.2, 0) is 16.6 Å². The molecule has 0 radical (unpaired) electrons. The van der Waals surface area contributed by atoms with E-state index in [9.17, 15) is 9.59 Å². The number of amides is 2. The molecule has 0 aliphatic carbocycles. The summed E-state index contributed by atoms with van der Waals surface area (Å²) in [6.07, 6.45) is 5.81. The molecule has 0 spiro atoms. The molecule has 2 fully saturated rings. The van der Waals surface area contributed by atoms with Crippen molar-refractivity contribution >= 4 is 11.8 Å². The second-order valence-electron chi connectivity index (χ2n) is 6.45. The van der Waals surface area contributed by atoms with Gasteiger partial charge >= 0.3 is 0 Å². The molecular weight excluding hydrogens is 308 g/mol. The predicted octanol–water partition coefficient (Wildman–Crippen LogP) is -0.895. The Morgan fingerprint density at radius 3 is 2.83 bits per heavy atom. The summed E-state index contributed by atoms with van der Waals surface area (Å²) in [6, 6.07) is 0.0683. The van der Waals surface area contributed by atoms with Gasteiger partial charge in [-0.2, -0.15) is 0 Å². The van der Waals surface area contributed by atoms with Gasteiger partial charge < -0.3 is 20.1 Å². The maximum Gasteiger partial charge on any atom is 0.241 e. The average molecular weight is 334 g/mol. The van der Waals surface area contributed by atoms with Gasteiger partial charge in [-0.1, -0.05) is 0 Å². The van der Waals surface area contributed by atoms with Gasteiger partial charge in [0, 0.05) is 52.2 Å². The fourth-order valence-electron chi connectivity index (χ4n) is 3.38. The summed E-state index contributed by atoms with van der Waals surface area (Å²) in [4.78, 5) is 32.6. The van der Waals surface area contributed by atoms with Crippen molar-refractivity contribution in [3.63, 3.8) is 0 Å². The molecule has 3 rings (SSSR count). The van der Waals surface area contributed by atoms with E-state index in [-0.39, 0.29) is 30.9 Å². The van der Waals surface area contributed by atoms with Crippen LogP contribution >= 0.6 is 0 Å². The van der Waals surface area contributed by atoms with E-state index in [2.05, 4.69) is 20.5 Å². The minimum absolute atomic E-state index is 0.0156. The smallest absolute Gasteiger partial charge is 0.241 e. The van der Waals surface area contributed by atoms with Crippen LogP contribution in [-0.4, -0.2) is 77.0 Å². The molecule has 2 amide bonds. The first-order chi connectivity index (χ1) is 11.6. The minimum atomic E-state index is -0.108. The number of hydrogen-bond acceptors (Lipinski definition) is 5. The molecule has 1 aromatic rings. The number of rotatable bonds is 5. The van der Waals surface area contributed by atoms with E-state index in [1.807, 2.05) is 22.7 Å². The molecule has 2 aliphatic heterocycles.